The molecule has 1 aliphatic carbocycles. The van der Waals surface area contributed by atoms with E-state index in [9.17, 15) is 0 Å². The molecule has 1 N–H and O–H groups in total. The van der Waals surface area contributed by atoms with Crippen molar-refractivity contribution in [2.45, 2.75) is 51.4 Å². The van der Waals surface area contributed by atoms with Crippen LogP contribution in [0.5, 0.6) is 0 Å². The fraction of sp³-hybridized carbons (Fsp3) is 0.750. The molecule has 3 rings (SSSR count). The fourth-order valence-electron chi connectivity index (χ4n) is 2.99. The molecule has 1 atom stereocenters. The van der Waals surface area contributed by atoms with E-state index in [1.807, 2.05) is 0 Å². The van der Waals surface area contributed by atoms with Gasteiger partial charge in [-0.25, -0.2) is 0 Å². The molecule has 2 heterocycles. The molecule has 4 heteroatoms. The van der Waals surface area contributed by atoms with E-state index in [0.717, 1.165) is 37.2 Å². The van der Waals surface area contributed by atoms with Crippen molar-refractivity contribution in [1.29, 1.82) is 0 Å². The normalized spacial score (nSPS) is 25.8. The zero-order valence-corrected chi connectivity index (χ0v) is 12.8. The molecule has 0 spiro atoms. The summed E-state index contributed by atoms with van der Waals surface area (Å²) in [6.07, 6.45) is 3.90. The SMILES string of the molecule is CC1CN(C)CCCN1Cc1ccc(CNC2CC2)o1. The minimum absolute atomic E-state index is 0.598. The van der Waals surface area contributed by atoms with Crippen molar-refractivity contribution in [1.82, 2.24) is 15.1 Å². The molecule has 0 amide bonds. The van der Waals surface area contributed by atoms with E-state index in [0.29, 0.717) is 6.04 Å². The highest BCUT2D eigenvalue weighted by Crippen LogP contribution is 2.20. The first kappa shape index (κ1) is 14.1. The molecule has 1 aromatic rings. The molecule has 1 saturated carbocycles. The van der Waals surface area contributed by atoms with Gasteiger partial charge in [-0.15, -0.1) is 0 Å². The maximum absolute atomic E-state index is 5.96. The lowest BCUT2D eigenvalue weighted by molar-refractivity contribution is 0.180. The predicted octanol–water partition coefficient (Wildman–Crippen LogP) is 2.06. The van der Waals surface area contributed by atoms with Gasteiger partial charge in [-0.05, 0) is 51.9 Å². The molecule has 4 nitrogen and oxygen atoms in total. The largest absolute Gasteiger partial charge is 0.463 e. The van der Waals surface area contributed by atoms with Crippen molar-refractivity contribution in [2.24, 2.45) is 0 Å². The number of likely N-dealkylation sites (N-methyl/N-ethyl adjacent to an activating group) is 1. The highest BCUT2D eigenvalue weighted by molar-refractivity contribution is 5.08. The smallest absolute Gasteiger partial charge is 0.118 e. The molecule has 2 aliphatic rings. The molecule has 1 aliphatic heterocycles. The van der Waals surface area contributed by atoms with Crippen molar-refractivity contribution < 1.29 is 4.42 Å². The molecule has 20 heavy (non-hydrogen) atoms. The molecule has 1 saturated heterocycles. The third-order valence-corrected chi connectivity index (χ3v) is 4.40. The number of furan rings is 1. The summed E-state index contributed by atoms with van der Waals surface area (Å²) >= 11 is 0. The van der Waals surface area contributed by atoms with Crippen LogP contribution in [0.3, 0.4) is 0 Å². The standard InChI is InChI=1S/C16H27N3O/c1-13-11-18(2)8-3-9-19(13)12-16-7-6-15(20-16)10-17-14-4-5-14/h6-7,13-14,17H,3-5,8-12H2,1-2H3. The van der Waals surface area contributed by atoms with E-state index >= 15 is 0 Å². The third-order valence-electron chi connectivity index (χ3n) is 4.40. The van der Waals surface area contributed by atoms with Gasteiger partial charge in [-0.3, -0.25) is 4.90 Å². The molecular formula is C16H27N3O. The van der Waals surface area contributed by atoms with Crippen LogP contribution in [0.15, 0.2) is 16.5 Å². The Labute approximate surface area is 122 Å². The molecule has 112 valence electrons. The van der Waals surface area contributed by atoms with Gasteiger partial charge in [0.15, 0.2) is 0 Å². The molecule has 1 aromatic heterocycles. The van der Waals surface area contributed by atoms with Gasteiger partial charge in [0.2, 0.25) is 0 Å². The number of nitrogens with one attached hydrogen (secondary N) is 1. The summed E-state index contributed by atoms with van der Waals surface area (Å²) in [5, 5.41) is 3.50. The second-order valence-electron chi connectivity index (χ2n) is 6.46. The number of hydrogen-bond acceptors (Lipinski definition) is 4. The zero-order chi connectivity index (χ0) is 13.9. The predicted molar refractivity (Wildman–Crippen MR) is 80.6 cm³/mol. The second kappa shape index (κ2) is 6.29. The van der Waals surface area contributed by atoms with Crippen LogP contribution < -0.4 is 5.32 Å². The Morgan fingerprint density at radius 1 is 1.25 bits per heavy atom. The topological polar surface area (TPSA) is 31.6 Å². The highest BCUT2D eigenvalue weighted by Gasteiger charge is 2.22. The highest BCUT2D eigenvalue weighted by atomic mass is 16.3. The Morgan fingerprint density at radius 3 is 2.85 bits per heavy atom. The lowest BCUT2D eigenvalue weighted by Crippen LogP contribution is -2.37. The van der Waals surface area contributed by atoms with Gasteiger partial charge in [0.25, 0.3) is 0 Å². The average molecular weight is 277 g/mol. The van der Waals surface area contributed by atoms with Crippen LogP contribution in [-0.4, -0.2) is 48.6 Å². The van der Waals surface area contributed by atoms with Crippen LogP contribution >= 0.6 is 0 Å². The van der Waals surface area contributed by atoms with Crippen LogP contribution in [0.2, 0.25) is 0 Å². The minimum Gasteiger partial charge on any atom is -0.463 e. The van der Waals surface area contributed by atoms with E-state index in [1.165, 1.54) is 32.4 Å². The molecule has 0 radical (unpaired) electrons. The Morgan fingerprint density at radius 2 is 2.05 bits per heavy atom. The molecule has 0 bridgehead atoms. The van der Waals surface area contributed by atoms with Gasteiger partial charge in [0, 0.05) is 25.2 Å². The van der Waals surface area contributed by atoms with Gasteiger partial charge in [-0.1, -0.05) is 0 Å². The summed E-state index contributed by atoms with van der Waals surface area (Å²) in [7, 11) is 2.22. The minimum atomic E-state index is 0.598. The Bertz CT molecular complexity index is 427. The van der Waals surface area contributed by atoms with Gasteiger partial charge in [-0.2, -0.15) is 0 Å². The maximum Gasteiger partial charge on any atom is 0.118 e. The molecule has 0 aromatic carbocycles. The molecular weight excluding hydrogens is 250 g/mol. The number of hydrogen-bond donors (Lipinski definition) is 1. The van der Waals surface area contributed by atoms with Gasteiger partial charge in [0.1, 0.15) is 11.5 Å². The first-order valence-corrected chi connectivity index (χ1v) is 7.94. The Balaban J connectivity index is 1.53. The monoisotopic (exact) mass is 277 g/mol. The van der Waals surface area contributed by atoms with Crippen molar-refractivity contribution in [3.8, 4) is 0 Å². The Kier molecular flexibility index (Phi) is 4.44. The number of rotatable bonds is 5. The van der Waals surface area contributed by atoms with Crippen LogP contribution in [0.25, 0.3) is 0 Å². The van der Waals surface area contributed by atoms with Crippen LogP contribution in [0, 0.1) is 0 Å². The number of nitrogens with zero attached hydrogens (tertiary/aromatic N) is 2. The van der Waals surface area contributed by atoms with Gasteiger partial charge in [0.05, 0.1) is 13.1 Å². The van der Waals surface area contributed by atoms with Crippen molar-refractivity contribution in [2.75, 3.05) is 26.7 Å². The lowest BCUT2D eigenvalue weighted by Gasteiger charge is -2.26. The van der Waals surface area contributed by atoms with E-state index in [1.54, 1.807) is 0 Å². The summed E-state index contributed by atoms with van der Waals surface area (Å²) in [6.45, 7) is 7.66. The second-order valence-corrected chi connectivity index (χ2v) is 6.46. The van der Waals surface area contributed by atoms with Gasteiger partial charge >= 0.3 is 0 Å². The van der Waals surface area contributed by atoms with Crippen LogP contribution in [0.4, 0.5) is 0 Å². The van der Waals surface area contributed by atoms with Crippen LogP contribution in [0.1, 0.15) is 37.7 Å². The summed E-state index contributed by atoms with van der Waals surface area (Å²) in [6, 6.07) is 5.61. The summed E-state index contributed by atoms with van der Waals surface area (Å²) < 4.78 is 5.96. The van der Waals surface area contributed by atoms with E-state index < -0.39 is 0 Å². The quantitative estimate of drug-likeness (QED) is 0.893. The summed E-state index contributed by atoms with van der Waals surface area (Å²) in [4.78, 5) is 4.97. The van der Waals surface area contributed by atoms with E-state index in [-0.39, 0.29) is 0 Å². The first-order chi connectivity index (χ1) is 9.70. The first-order valence-electron chi connectivity index (χ1n) is 7.94. The molecule has 1 unspecified atom stereocenters. The Hall–Kier alpha value is -0.840. The van der Waals surface area contributed by atoms with Crippen molar-refractivity contribution in [3.63, 3.8) is 0 Å². The van der Waals surface area contributed by atoms with Crippen LogP contribution in [-0.2, 0) is 13.1 Å². The van der Waals surface area contributed by atoms with Crippen molar-refractivity contribution >= 4 is 0 Å². The average Bonchev–Trinajstić information content (AvgIpc) is 3.16. The zero-order valence-electron chi connectivity index (χ0n) is 12.8. The third kappa shape index (κ3) is 3.84. The summed E-state index contributed by atoms with van der Waals surface area (Å²) in [5.74, 6) is 2.18. The lowest BCUT2D eigenvalue weighted by atomic mass is 10.2. The maximum atomic E-state index is 5.96. The fourth-order valence-corrected chi connectivity index (χ4v) is 2.99. The van der Waals surface area contributed by atoms with E-state index in [4.69, 9.17) is 4.42 Å². The van der Waals surface area contributed by atoms with Crippen molar-refractivity contribution in [3.05, 3.63) is 23.7 Å². The van der Waals surface area contributed by atoms with Gasteiger partial charge < -0.3 is 14.6 Å². The molecule has 2 fully saturated rings. The summed E-state index contributed by atoms with van der Waals surface area (Å²) in [5.41, 5.74) is 0. The van der Waals surface area contributed by atoms with E-state index in [2.05, 4.69) is 41.2 Å².